The van der Waals surface area contributed by atoms with Gasteiger partial charge >= 0.3 is 5.97 Å². The van der Waals surface area contributed by atoms with Crippen molar-refractivity contribution >= 4 is 17.3 Å². The van der Waals surface area contributed by atoms with Crippen molar-refractivity contribution in [2.75, 3.05) is 6.61 Å². The molecular formula is C11H13FO2S. The smallest absolute Gasteiger partial charge is 0.366 e. The van der Waals surface area contributed by atoms with Gasteiger partial charge in [-0.25, -0.2) is 4.79 Å². The van der Waals surface area contributed by atoms with Crippen molar-refractivity contribution in [3.05, 3.63) is 33.8 Å². The number of ether oxygens (including phenoxy) is 1. The van der Waals surface area contributed by atoms with E-state index in [1.165, 1.54) is 6.08 Å². The summed E-state index contributed by atoms with van der Waals surface area (Å²) in [6, 6.07) is 1.97. The molecular weight excluding hydrogens is 215 g/mol. The number of thiophene rings is 1. The van der Waals surface area contributed by atoms with Gasteiger partial charge in [0.05, 0.1) is 6.61 Å². The highest BCUT2D eigenvalue weighted by Crippen LogP contribution is 2.17. The van der Waals surface area contributed by atoms with E-state index in [1.54, 1.807) is 18.3 Å². The average molecular weight is 228 g/mol. The fraction of sp³-hybridized carbons (Fsp3) is 0.364. The van der Waals surface area contributed by atoms with E-state index in [4.69, 9.17) is 0 Å². The van der Waals surface area contributed by atoms with E-state index < -0.39 is 11.8 Å². The molecule has 0 aromatic carbocycles. The minimum Gasteiger partial charge on any atom is -0.461 e. The van der Waals surface area contributed by atoms with E-state index in [9.17, 15) is 9.18 Å². The summed E-state index contributed by atoms with van der Waals surface area (Å²) in [7, 11) is 0. The van der Waals surface area contributed by atoms with Gasteiger partial charge in [-0.15, -0.1) is 11.3 Å². The van der Waals surface area contributed by atoms with Crippen LogP contribution >= 0.6 is 11.3 Å². The second-order valence-electron chi connectivity index (χ2n) is 3.00. The summed E-state index contributed by atoms with van der Waals surface area (Å²) in [5, 5.41) is 1.95. The van der Waals surface area contributed by atoms with Crippen LogP contribution in [0.15, 0.2) is 23.3 Å². The van der Waals surface area contributed by atoms with Crippen LogP contribution in [-0.2, 0) is 16.0 Å². The van der Waals surface area contributed by atoms with E-state index in [-0.39, 0.29) is 6.61 Å². The predicted molar refractivity (Wildman–Crippen MR) is 58.6 cm³/mol. The summed E-state index contributed by atoms with van der Waals surface area (Å²) in [4.78, 5) is 12.0. The van der Waals surface area contributed by atoms with Crippen LogP contribution in [0.1, 0.15) is 17.4 Å². The van der Waals surface area contributed by atoms with Crippen molar-refractivity contribution in [1.29, 1.82) is 0 Å². The minimum atomic E-state index is -0.883. The van der Waals surface area contributed by atoms with Crippen LogP contribution in [0.3, 0.4) is 0 Å². The highest BCUT2D eigenvalue weighted by atomic mass is 32.1. The van der Waals surface area contributed by atoms with Gasteiger partial charge in [0, 0.05) is 11.3 Å². The van der Waals surface area contributed by atoms with Crippen LogP contribution in [0.4, 0.5) is 4.39 Å². The average Bonchev–Trinajstić information content (AvgIpc) is 2.61. The van der Waals surface area contributed by atoms with Crippen LogP contribution in [0.5, 0.6) is 0 Å². The number of hydrogen-bond donors (Lipinski definition) is 0. The molecule has 1 aromatic heterocycles. The summed E-state index contributed by atoms with van der Waals surface area (Å²) < 4.78 is 17.6. The van der Waals surface area contributed by atoms with Gasteiger partial charge in [0.1, 0.15) is 0 Å². The maximum Gasteiger partial charge on any atom is 0.366 e. The number of esters is 1. The lowest BCUT2D eigenvalue weighted by Gasteiger charge is -1.98. The van der Waals surface area contributed by atoms with Gasteiger partial charge < -0.3 is 4.74 Å². The molecule has 1 aromatic rings. The Balaban J connectivity index is 2.58. The van der Waals surface area contributed by atoms with Crippen LogP contribution < -0.4 is 0 Å². The molecule has 2 nitrogen and oxygen atoms in total. The van der Waals surface area contributed by atoms with E-state index in [2.05, 4.69) is 4.74 Å². The fourth-order valence-corrected chi connectivity index (χ4v) is 1.95. The Morgan fingerprint density at radius 2 is 2.40 bits per heavy atom. The second-order valence-corrected chi connectivity index (χ2v) is 4.00. The molecule has 82 valence electrons. The molecule has 0 aliphatic rings. The summed E-state index contributed by atoms with van der Waals surface area (Å²) in [6.45, 7) is 3.80. The zero-order chi connectivity index (χ0) is 11.3. The molecule has 0 radical (unpaired) electrons. The third kappa shape index (κ3) is 3.47. The van der Waals surface area contributed by atoms with Crippen LogP contribution in [0, 0.1) is 6.92 Å². The lowest BCUT2D eigenvalue weighted by molar-refractivity contribution is -0.140. The van der Waals surface area contributed by atoms with E-state index in [1.807, 2.05) is 18.4 Å². The number of carbonyl (C=O) groups is 1. The molecule has 4 heteroatoms. The minimum absolute atomic E-state index is 0.193. The SMILES string of the molecule is CCOC(=O)C(F)=CCc1sccc1C. The quantitative estimate of drug-likeness (QED) is 0.585. The van der Waals surface area contributed by atoms with Gasteiger partial charge in [-0.2, -0.15) is 4.39 Å². The third-order valence-electron chi connectivity index (χ3n) is 1.91. The Morgan fingerprint density at radius 1 is 1.67 bits per heavy atom. The monoisotopic (exact) mass is 228 g/mol. The Bertz CT molecular complexity index is 368. The molecule has 0 aliphatic carbocycles. The first-order valence-corrected chi connectivity index (χ1v) is 5.58. The zero-order valence-corrected chi connectivity index (χ0v) is 9.57. The lowest BCUT2D eigenvalue weighted by Crippen LogP contribution is -2.04. The third-order valence-corrected chi connectivity index (χ3v) is 2.95. The highest BCUT2D eigenvalue weighted by Gasteiger charge is 2.09. The molecule has 0 atom stereocenters. The van der Waals surface area contributed by atoms with Crippen molar-refractivity contribution in [3.63, 3.8) is 0 Å². The second kappa shape index (κ2) is 5.66. The van der Waals surface area contributed by atoms with Gasteiger partial charge in [0.2, 0.25) is 5.83 Å². The van der Waals surface area contributed by atoms with Gasteiger partial charge in [-0.3, -0.25) is 0 Å². The van der Waals surface area contributed by atoms with E-state index >= 15 is 0 Å². The molecule has 0 unspecified atom stereocenters. The first kappa shape index (κ1) is 11.9. The topological polar surface area (TPSA) is 26.3 Å². The summed E-state index contributed by atoms with van der Waals surface area (Å²) in [5.74, 6) is -1.70. The van der Waals surface area contributed by atoms with Crippen LogP contribution in [0.25, 0.3) is 0 Å². The van der Waals surface area contributed by atoms with Crippen LogP contribution in [0.2, 0.25) is 0 Å². The molecule has 15 heavy (non-hydrogen) atoms. The zero-order valence-electron chi connectivity index (χ0n) is 8.75. The Morgan fingerprint density at radius 3 is 2.93 bits per heavy atom. The normalized spacial score (nSPS) is 11.5. The van der Waals surface area contributed by atoms with E-state index in [0.717, 1.165) is 10.4 Å². The number of aryl methyl sites for hydroxylation is 1. The summed E-state index contributed by atoms with van der Waals surface area (Å²) in [6.07, 6.45) is 1.70. The number of carbonyl (C=O) groups excluding carboxylic acids is 1. The highest BCUT2D eigenvalue weighted by molar-refractivity contribution is 7.10. The molecule has 0 saturated heterocycles. The number of rotatable bonds is 4. The van der Waals surface area contributed by atoms with E-state index in [0.29, 0.717) is 6.42 Å². The lowest BCUT2D eigenvalue weighted by atomic mass is 10.2. The van der Waals surface area contributed by atoms with Crippen molar-refractivity contribution in [2.24, 2.45) is 0 Å². The maximum absolute atomic E-state index is 13.1. The van der Waals surface area contributed by atoms with Crippen molar-refractivity contribution in [2.45, 2.75) is 20.3 Å². The molecule has 0 spiro atoms. The Labute approximate surface area is 92.4 Å². The molecule has 1 rings (SSSR count). The van der Waals surface area contributed by atoms with Gasteiger partial charge in [-0.1, -0.05) is 0 Å². The Kier molecular flexibility index (Phi) is 4.49. The van der Waals surface area contributed by atoms with Crippen molar-refractivity contribution < 1.29 is 13.9 Å². The van der Waals surface area contributed by atoms with Gasteiger partial charge in [0.15, 0.2) is 0 Å². The number of halogens is 1. The van der Waals surface area contributed by atoms with Crippen molar-refractivity contribution in [3.8, 4) is 0 Å². The van der Waals surface area contributed by atoms with Gasteiger partial charge in [0.25, 0.3) is 0 Å². The summed E-state index contributed by atoms with van der Waals surface area (Å²) >= 11 is 1.55. The molecule has 1 heterocycles. The Hall–Kier alpha value is -1.16. The first-order chi connectivity index (χ1) is 7.15. The predicted octanol–water partition coefficient (Wildman–Crippen LogP) is 3.02. The fourth-order valence-electron chi connectivity index (χ4n) is 1.08. The van der Waals surface area contributed by atoms with Gasteiger partial charge in [-0.05, 0) is 36.9 Å². The molecule has 0 N–H and O–H groups in total. The molecule has 0 fully saturated rings. The maximum atomic E-state index is 13.1. The standard InChI is InChI=1S/C11H13FO2S/c1-3-14-11(13)9(12)4-5-10-8(2)6-7-15-10/h4,6-7H,3,5H2,1-2H3. The molecule has 0 amide bonds. The molecule has 0 aliphatic heterocycles. The largest absolute Gasteiger partial charge is 0.461 e. The number of allylic oxidation sites excluding steroid dienone is 1. The van der Waals surface area contributed by atoms with Crippen molar-refractivity contribution in [1.82, 2.24) is 0 Å². The summed E-state index contributed by atoms with van der Waals surface area (Å²) in [5.41, 5.74) is 1.12. The molecule has 0 saturated carbocycles. The molecule has 0 bridgehead atoms. The van der Waals surface area contributed by atoms with Crippen LogP contribution in [-0.4, -0.2) is 12.6 Å². The first-order valence-electron chi connectivity index (χ1n) is 4.71. The number of hydrogen-bond acceptors (Lipinski definition) is 3.